The van der Waals surface area contributed by atoms with Crippen molar-refractivity contribution >= 4 is 58.5 Å². The fourth-order valence-corrected chi connectivity index (χ4v) is 5.30. The molecule has 0 spiro atoms. The fourth-order valence-electron chi connectivity index (χ4n) is 1.16. The molecule has 0 saturated heterocycles. The topological polar surface area (TPSA) is 0 Å². The zero-order valence-corrected chi connectivity index (χ0v) is 11.5. The summed E-state index contributed by atoms with van der Waals surface area (Å²) in [6.45, 7) is 0. The van der Waals surface area contributed by atoms with Gasteiger partial charge in [-0.05, 0) is 18.8 Å². The number of halogens is 2. The van der Waals surface area contributed by atoms with Gasteiger partial charge in [-0.2, -0.15) is 11.8 Å². The summed E-state index contributed by atoms with van der Waals surface area (Å²) in [5, 5.41) is 1.98. The third-order valence-corrected chi connectivity index (χ3v) is 5.83. The van der Waals surface area contributed by atoms with Gasteiger partial charge < -0.3 is 0 Å². The second-order valence-corrected chi connectivity index (χ2v) is 5.77. The molecule has 0 aliphatic heterocycles. The van der Waals surface area contributed by atoms with E-state index in [1.165, 1.54) is 4.91 Å². The Morgan fingerprint density at radius 1 is 1.08 bits per heavy atom. The van der Waals surface area contributed by atoms with Crippen molar-refractivity contribution in [2.24, 2.45) is 0 Å². The molecule has 0 aromatic heterocycles. The lowest BCUT2D eigenvalue weighted by molar-refractivity contribution is 1.40. The van der Waals surface area contributed by atoms with E-state index in [0.717, 1.165) is 15.0 Å². The van der Waals surface area contributed by atoms with Gasteiger partial charge >= 0.3 is 0 Å². The molecule has 0 N–H and O–H groups in total. The molecule has 0 bridgehead atoms. The minimum absolute atomic E-state index is 0.256. The highest BCUT2D eigenvalue weighted by Gasteiger charge is 2.30. The minimum atomic E-state index is 0.256. The highest BCUT2D eigenvalue weighted by molar-refractivity contribution is 8.06. The molecule has 1 aliphatic rings. The van der Waals surface area contributed by atoms with E-state index in [9.17, 15) is 0 Å². The average molecular weight is 273 g/mol. The van der Waals surface area contributed by atoms with Crippen molar-refractivity contribution in [2.75, 3.05) is 18.8 Å². The van der Waals surface area contributed by atoms with E-state index in [4.69, 9.17) is 23.2 Å². The molecule has 1 aliphatic carbocycles. The molecule has 0 heterocycles. The van der Waals surface area contributed by atoms with E-state index in [1.54, 1.807) is 35.3 Å². The summed E-state index contributed by atoms with van der Waals surface area (Å²) in [5.74, 6) is 0. The van der Waals surface area contributed by atoms with Crippen LogP contribution in [0.2, 0.25) is 0 Å². The Bertz CT molecular complexity index is 271. The predicted molar refractivity (Wildman–Crippen MR) is 70.1 cm³/mol. The summed E-state index contributed by atoms with van der Waals surface area (Å²) in [6, 6.07) is 0. The maximum atomic E-state index is 6.21. The van der Waals surface area contributed by atoms with Crippen LogP contribution in [-0.2, 0) is 0 Å². The molecule has 13 heavy (non-hydrogen) atoms. The molecule has 1 atom stereocenters. The van der Waals surface area contributed by atoms with Gasteiger partial charge in [0.2, 0.25) is 0 Å². The number of hydrogen-bond acceptors (Lipinski definition) is 3. The molecule has 5 heteroatoms. The van der Waals surface area contributed by atoms with Gasteiger partial charge in [-0.3, -0.25) is 0 Å². The number of thioether (sulfide) groups is 3. The Balaban J connectivity index is 3.07. The van der Waals surface area contributed by atoms with Gasteiger partial charge in [0.25, 0.3) is 0 Å². The lowest BCUT2D eigenvalue weighted by Gasteiger charge is -2.10. The van der Waals surface area contributed by atoms with Gasteiger partial charge in [-0.1, -0.05) is 23.2 Å². The summed E-state index contributed by atoms with van der Waals surface area (Å²) in [5.41, 5.74) is 0. The van der Waals surface area contributed by atoms with E-state index in [0.29, 0.717) is 0 Å². The molecule has 0 amide bonds. The monoisotopic (exact) mass is 272 g/mol. The van der Waals surface area contributed by atoms with Crippen LogP contribution in [0.5, 0.6) is 0 Å². The predicted octanol–water partition coefficient (Wildman–Crippen LogP) is 4.36. The largest absolute Gasteiger partial charge is 0.151 e. The summed E-state index contributed by atoms with van der Waals surface area (Å²) < 4.78 is 0. The number of rotatable bonds is 3. The van der Waals surface area contributed by atoms with E-state index in [-0.39, 0.29) is 5.25 Å². The van der Waals surface area contributed by atoms with Crippen molar-refractivity contribution in [1.82, 2.24) is 0 Å². The van der Waals surface area contributed by atoms with Crippen LogP contribution in [0.15, 0.2) is 19.9 Å². The summed E-state index contributed by atoms with van der Waals surface area (Å²) in [4.78, 5) is 2.22. The smallest absolute Gasteiger partial charge is 0.0737 e. The SMILES string of the molecule is CSC1=C(Cl)C(SC)C(SC)=C1Cl. The zero-order valence-electron chi connectivity index (χ0n) is 7.56. The van der Waals surface area contributed by atoms with Crippen LogP contribution in [0.1, 0.15) is 0 Å². The Kier molecular flexibility index (Phi) is 4.93. The Morgan fingerprint density at radius 2 is 1.69 bits per heavy atom. The molecule has 0 aromatic rings. The van der Waals surface area contributed by atoms with Crippen LogP contribution in [-0.4, -0.2) is 24.0 Å². The lowest BCUT2D eigenvalue weighted by atomic mass is 10.4. The van der Waals surface area contributed by atoms with Crippen LogP contribution in [0, 0.1) is 0 Å². The van der Waals surface area contributed by atoms with E-state index in [1.807, 2.05) is 12.5 Å². The molecule has 0 saturated carbocycles. The first-order valence-corrected chi connectivity index (χ1v) is 8.07. The average Bonchev–Trinajstić information content (AvgIpc) is 2.36. The number of hydrogen-bond donors (Lipinski definition) is 0. The highest BCUT2D eigenvalue weighted by Crippen LogP contribution is 2.49. The molecular weight excluding hydrogens is 263 g/mol. The second-order valence-electron chi connectivity index (χ2n) is 2.38. The normalized spacial score (nSPS) is 23.3. The van der Waals surface area contributed by atoms with Crippen molar-refractivity contribution in [3.63, 3.8) is 0 Å². The first-order valence-electron chi connectivity index (χ1n) is 3.57. The van der Waals surface area contributed by atoms with Crippen molar-refractivity contribution in [3.8, 4) is 0 Å². The fraction of sp³-hybridized carbons (Fsp3) is 0.500. The van der Waals surface area contributed by atoms with E-state index < -0.39 is 0 Å². The molecule has 0 nitrogen and oxygen atoms in total. The van der Waals surface area contributed by atoms with Gasteiger partial charge in [0, 0.05) is 9.81 Å². The third kappa shape index (κ3) is 2.20. The summed E-state index contributed by atoms with van der Waals surface area (Å²) in [6.07, 6.45) is 6.09. The highest BCUT2D eigenvalue weighted by atomic mass is 35.5. The molecular formula is C8H10Cl2S3. The van der Waals surface area contributed by atoms with E-state index >= 15 is 0 Å². The van der Waals surface area contributed by atoms with Gasteiger partial charge in [-0.15, -0.1) is 23.5 Å². The van der Waals surface area contributed by atoms with Crippen molar-refractivity contribution in [2.45, 2.75) is 5.25 Å². The van der Waals surface area contributed by atoms with E-state index in [2.05, 4.69) is 6.26 Å². The van der Waals surface area contributed by atoms with Crippen molar-refractivity contribution in [3.05, 3.63) is 19.9 Å². The lowest BCUT2D eigenvalue weighted by Crippen LogP contribution is -1.99. The maximum Gasteiger partial charge on any atom is 0.0737 e. The minimum Gasteiger partial charge on any atom is -0.151 e. The Labute approximate surface area is 102 Å². The standard InChI is InChI=1S/C8H10Cl2S3/c1-11-6-4(9)7(12-2)8(13-3)5(6)10/h7H,1-3H3. The van der Waals surface area contributed by atoms with Crippen LogP contribution in [0.4, 0.5) is 0 Å². The van der Waals surface area contributed by atoms with Gasteiger partial charge in [-0.25, -0.2) is 0 Å². The quantitative estimate of drug-likeness (QED) is 0.750. The van der Waals surface area contributed by atoms with Crippen LogP contribution in [0.3, 0.4) is 0 Å². The van der Waals surface area contributed by atoms with Crippen molar-refractivity contribution < 1.29 is 0 Å². The van der Waals surface area contributed by atoms with Crippen LogP contribution >= 0.6 is 58.5 Å². The van der Waals surface area contributed by atoms with Gasteiger partial charge in [0.15, 0.2) is 0 Å². The first kappa shape index (κ1) is 12.2. The zero-order chi connectivity index (χ0) is 10.0. The van der Waals surface area contributed by atoms with Crippen molar-refractivity contribution in [1.29, 1.82) is 0 Å². The third-order valence-electron chi connectivity index (χ3n) is 1.76. The number of allylic oxidation sites excluding steroid dienone is 1. The molecule has 0 radical (unpaired) electrons. The molecule has 0 aromatic carbocycles. The second kappa shape index (κ2) is 5.26. The summed E-state index contributed by atoms with van der Waals surface area (Å²) in [7, 11) is 0. The maximum absolute atomic E-state index is 6.21. The van der Waals surface area contributed by atoms with Gasteiger partial charge in [0.1, 0.15) is 0 Å². The summed E-state index contributed by atoms with van der Waals surface area (Å²) >= 11 is 17.4. The first-order chi connectivity index (χ1) is 6.17. The molecule has 1 rings (SSSR count). The van der Waals surface area contributed by atoms with Gasteiger partial charge in [0.05, 0.1) is 15.3 Å². The van der Waals surface area contributed by atoms with Crippen LogP contribution < -0.4 is 0 Å². The Hall–Kier alpha value is 1.11. The molecule has 1 unspecified atom stereocenters. The Morgan fingerprint density at radius 3 is 2.00 bits per heavy atom. The van der Waals surface area contributed by atoms with Crippen LogP contribution in [0.25, 0.3) is 0 Å². The molecule has 0 fully saturated rings. The molecule has 74 valence electrons.